The van der Waals surface area contributed by atoms with Crippen LogP contribution in [0.25, 0.3) is 5.69 Å². The highest BCUT2D eigenvalue weighted by atomic mass is 32.1. The molecule has 3 N–H and O–H groups in total. The van der Waals surface area contributed by atoms with E-state index < -0.39 is 22.8 Å². The Balaban J connectivity index is 1.46. The number of thiocarbonyl (C=S) groups is 1. The lowest BCUT2D eigenvalue weighted by Gasteiger charge is -2.30. The maximum Gasteiger partial charge on any atom is 0.338 e. The third-order valence-corrected chi connectivity index (χ3v) is 7.08. The molecule has 0 aliphatic carbocycles. The highest BCUT2D eigenvalue weighted by Gasteiger charge is 2.32. The summed E-state index contributed by atoms with van der Waals surface area (Å²) in [7, 11) is 0. The zero-order valence-electron chi connectivity index (χ0n) is 24.4. The topological polar surface area (TPSA) is 149 Å². The Morgan fingerprint density at radius 2 is 1.91 bits per heavy atom. The van der Waals surface area contributed by atoms with Gasteiger partial charge in [0.15, 0.2) is 11.7 Å². The summed E-state index contributed by atoms with van der Waals surface area (Å²) in [6.45, 7) is 8.78. The summed E-state index contributed by atoms with van der Waals surface area (Å²) in [5.74, 6) is -0.608. The quantitative estimate of drug-likeness (QED) is 0.102. The Labute approximate surface area is 253 Å². The van der Waals surface area contributed by atoms with E-state index in [2.05, 4.69) is 21.2 Å². The molecule has 1 atom stereocenters. The molecular weight excluding hydrogens is 572 g/mol. The number of amides is 1. The van der Waals surface area contributed by atoms with E-state index in [-0.39, 0.29) is 18.9 Å². The molecule has 0 radical (unpaired) electrons. The number of para-hydroxylation sites is 1. The van der Waals surface area contributed by atoms with Crippen LogP contribution in [-0.2, 0) is 14.3 Å². The zero-order chi connectivity index (χ0) is 31.3. The third kappa shape index (κ3) is 6.89. The molecule has 2 heterocycles. The molecule has 224 valence electrons. The van der Waals surface area contributed by atoms with Gasteiger partial charge in [-0.3, -0.25) is 14.9 Å². The average Bonchev–Trinajstić information content (AvgIpc) is 3.24. The summed E-state index contributed by atoms with van der Waals surface area (Å²) in [5.41, 5.74) is 7.64. The first-order chi connectivity index (χ1) is 20.5. The lowest BCUT2D eigenvalue weighted by molar-refractivity contribution is -0.385. The van der Waals surface area contributed by atoms with Crippen molar-refractivity contribution in [2.75, 3.05) is 13.2 Å². The molecule has 1 aliphatic heterocycles. The van der Waals surface area contributed by atoms with Crippen molar-refractivity contribution in [1.29, 1.82) is 0 Å². The van der Waals surface area contributed by atoms with Crippen LogP contribution in [0, 0.1) is 30.9 Å². The number of nitro benzene ring substituents is 1. The fraction of sp³-hybridized carbons (Fsp3) is 0.267. The van der Waals surface area contributed by atoms with Crippen molar-refractivity contribution >= 4 is 41.1 Å². The second-order valence-electron chi connectivity index (χ2n) is 9.80. The molecule has 3 aromatic rings. The molecule has 0 fully saturated rings. The van der Waals surface area contributed by atoms with Crippen molar-refractivity contribution < 1.29 is 24.0 Å². The normalized spacial score (nSPS) is 14.7. The van der Waals surface area contributed by atoms with Crippen LogP contribution in [-0.4, -0.2) is 45.9 Å². The van der Waals surface area contributed by atoms with E-state index in [4.69, 9.17) is 21.7 Å². The Morgan fingerprint density at radius 1 is 1.16 bits per heavy atom. The zero-order valence-corrected chi connectivity index (χ0v) is 25.2. The Kier molecular flexibility index (Phi) is 9.56. The first kappa shape index (κ1) is 30.9. The van der Waals surface area contributed by atoms with Crippen LogP contribution in [0.3, 0.4) is 0 Å². The van der Waals surface area contributed by atoms with E-state index in [9.17, 15) is 19.7 Å². The minimum atomic E-state index is -0.643. The van der Waals surface area contributed by atoms with Crippen molar-refractivity contribution in [2.45, 2.75) is 40.7 Å². The fourth-order valence-corrected chi connectivity index (χ4v) is 5.13. The summed E-state index contributed by atoms with van der Waals surface area (Å²) in [6, 6.07) is 13.3. The van der Waals surface area contributed by atoms with Crippen LogP contribution in [0.2, 0.25) is 0 Å². The molecular formula is C30H32N6O6S. The molecule has 1 aromatic heterocycles. The molecule has 1 amide bonds. The van der Waals surface area contributed by atoms with E-state index >= 15 is 0 Å². The molecule has 0 saturated carbocycles. The standard InChI is InChI=1S/C30H32N6O6S/c1-6-41-29(38)27-19(4)32-30(43)33-28(27)23-9-7-8-10-25(23)42-16-26(37)34-31-15-21-13-18(3)35(20(21)5)22-12-11-17(2)24(14-22)36(39)40/h7-15,28H,6,16H2,1-5H3,(H,34,37)(H2,32,33,43)/t28-/m0/s1. The molecule has 12 nitrogen and oxygen atoms in total. The van der Waals surface area contributed by atoms with E-state index in [0.29, 0.717) is 38.9 Å². The van der Waals surface area contributed by atoms with Gasteiger partial charge in [-0.15, -0.1) is 0 Å². The van der Waals surface area contributed by atoms with Gasteiger partial charge in [0.2, 0.25) is 0 Å². The van der Waals surface area contributed by atoms with E-state index in [1.165, 1.54) is 12.3 Å². The van der Waals surface area contributed by atoms with Crippen LogP contribution < -0.4 is 20.8 Å². The average molecular weight is 605 g/mol. The number of nitro groups is 1. The first-order valence-corrected chi connectivity index (χ1v) is 13.9. The summed E-state index contributed by atoms with van der Waals surface area (Å²) in [5, 5.41) is 21.9. The van der Waals surface area contributed by atoms with Gasteiger partial charge in [0.25, 0.3) is 11.6 Å². The van der Waals surface area contributed by atoms with Gasteiger partial charge in [-0.25, -0.2) is 10.2 Å². The van der Waals surface area contributed by atoms with Crippen molar-refractivity contribution in [1.82, 2.24) is 20.6 Å². The minimum absolute atomic E-state index is 0.0379. The van der Waals surface area contributed by atoms with Crippen LogP contribution >= 0.6 is 12.2 Å². The predicted octanol–water partition coefficient (Wildman–Crippen LogP) is 4.20. The highest BCUT2D eigenvalue weighted by molar-refractivity contribution is 7.80. The van der Waals surface area contributed by atoms with Crippen molar-refractivity contribution in [3.63, 3.8) is 0 Å². The second-order valence-corrected chi connectivity index (χ2v) is 10.2. The van der Waals surface area contributed by atoms with Gasteiger partial charge in [-0.1, -0.05) is 24.3 Å². The maximum absolute atomic E-state index is 12.7. The van der Waals surface area contributed by atoms with Crippen molar-refractivity contribution in [3.05, 3.63) is 98.0 Å². The monoisotopic (exact) mass is 604 g/mol. The number of aryl methyl sites for hydroxylation is 2. The molecule has 1 aliphatic rings. The predicted molar refractivity (Wildman–Crippen MR) is 165 cm³/mol. The van der Waals surface area contributed by atoms with Gasteiger partial charge < -0.3 is 24.7 Å². The van der Waals surface area contributed by atoms with Crippen molar-refractivity contribution in [2.24, 2.45) is 5.10 Å². The number of hydrazone groups is 1. The number of nitrogens with zero attached hydrogens (tertiary/aromatic N) is 3. The minimum Gasteiger partial charge on any atom is -0.483 e. The van der Waals surface area contributed by atoms with Gasteiger partial charge in [0, 0.05) is 39.8 Å². The number of hydrogen-bond acceptors (Lipinski definition) is 8. The van der Waals surface area contributed by atoms with Gasteiger partial charge in [0.05, 0.1) is 35.0 Å². The molecule has 2 aromatic carbocycles. The maximum atomic E-state index is 12.7. The van der Waals surface area contributed by atoms with E-state index in [1.54, 1.807) is 51.1 Å². The highest BCUT2D eigenvalue weighted by Crippen LogP contribution is 2.33. The molecule has 0 unspecified atom stereocenters. The number of nitrogens with one attached hydrogen (secondary N) is 3. The Hall–Kier alpha value is -5.04. The molecule has 13 heteroatoms. The molecule has 0 bridgehead atoms. The van der Waals surface area contributed by atoms with Crippen LogP contribution in [0.4, 0.5) is 5.69 Å². The number of carbonyl (C=O) groups excluding carboxylic acids is 2. The summed E-state index contributed by atoms with van der Waals surface area (Å²) in [4.78, 5) is 36.4. The number of benzene rings is 2. The summed E-state index contributed by atoms with van der Waals surface area (Å²) in [6.07, 6.45) is 1.51. The number of esters is 1. The number of aromatic nitrogens is 1. The Bertz CT molecular complexity index is 1660. The van der Waals surface area contributed by atoms with E-state index in [0.717, 1.165) is 17.0 Å². The van der Waals surface area contributed by atoms with Gasteiger partial charge in [-0.05, 0) is 65.0 Å². The summed E-state index contributed by atoms with van der Waals surface area (Å²) >= 11 is 5.31. The van der Waals surface area contributed by atoms with Crippen LogP contribution in [0.15, 0.2) is 64.9 Å². The third-order valence-electron chi connectivity index (χ3n) is 6.86. The number of rotatable bonds is 10. The van der Waals surface area contributed by atoms with Gasteiger partial charge in [-0.2, -0.15) is 5.10 Å². The fourth-order valence-electron chi connectivity index (χ4n) is 4.86. The number of hydrogen-bond donors (Lipinski definition) is 3. The number of ether oxygens (including phenoxy) is 2. The lowest BCUT2D eigenvalue weighted by Crippen LogP contribution is -2.45. The molecule has 4 rings (SSSR count). The molecule has 0 saturated heterocycles. The first-order valence-electron chi connectivity index (χ1n) is 13.4. The van der Waals surface area contributed by atoms with Gasteiger partial charge in [0.1, 0.15) is 5.75 Å². The Morgan fingerprint density at radius 3 is 2.63 bits per heavy atom. The lowest BCUT2D eigenvalue weighted by atomic mass is 9.95. The molecule has 0 spiro atoms. The SMILES string of the molecule is CCOC(=O)C1=C(C)NC(=S)N[C@H]1c1ccccc1OCC(=O)NN=Cc1cc(C)n(-c2ccc(C)c([N+](=O)[O-])c2)c1C. The summed E-state index contributed by atoms with van der Waals surface area (Å²) < 4.78 is 13.0. The smallest absolute Gasteiger partial charge is 0.338 e. The van der Waals surface area contributed by atoms with E-state index in [1.807, 2.05) is 30.5 Å². The second kappa shape index (κ2) is 13.3. The number of allylic oxidation sites excluding steroid dienone is 1. The van der Waals surface area contributed by atoms with Crippen molar-refractivity contribution in [3.8, 4) is 11.4 Å². The van der Waals surface area contributed by atoms with Gasteiger partial charge >= 0.3 is 5.97 Å². The molecule has 43 heavy (non-hydrogen) atoms. The van der Waals surface area contributed by atoms with Crippen LogP contribution in [0.5, 0.6) is 5.75 Å². The largest absolute Gasteiger partial charge is 0.483 e. The van der Waals surface area contributed by atoms with Crippen LogP contribution in [0.1, 0.15) is 48.0 Å². The number of carbonyl (C=O) groups is 2.